The predicted octanol–water partition coefficient (Wildman–Crippen LogP) is 4.14. The smallest absolute Gasteiger partial charge is 0.243 e. The molecule has 2 aromatic rings. The standard InChI is InChI=1S/C23H31N3O4/c1-4-29-12-13-30-21-7-5-6-20(15-21)24-16-23(28)26-19-10-8-18(9-11-19)25-22(27)14-17(2)3/h5-11,15,17,24H,4,12-14,16H2,1-3H3,(H,25,27)(H,26,28). The number of carbonyl (C=O) groups is 2. The summed E-state index contributed by atoms with van der Waals surface area (Å²) in [6, 6.07) is 14.5. The van der Waals surface area contributed by atoms with Crippen LogP contribution in [0.1, 0.15) is 27.2 Å². The molecule has 0 saturated carbocycles. The fourth-order valence-electron chi connectivity index (χ4n) is 2.67. The van der Waals surface area contributed by atoms with Gasteiger partial charge in [-0.15, -0.1) is 0 Å². The average molecular weight is 414 g/mol. The molecule has 0 heterocycles. The lowest BCUT2D eigenvalue weighted by Gasteiger charge is -2.11. The Balaban J connectivity index is 1.77. The van der Waals surface area contributed by atoms with Gasteiger partial charge in [0.1, 0.15) is 12.4 Å². The second kappa shape index (κ2) is 12.5. The summed E-state index contributed by atoms with van der Waals surface area (Å²) in [5.41, 5.74) is 2.16. The van der Waals surface area contributed by atoms with E-state index in [9.17, 15) is 9.59 Å². The third kappa shape index (κ3) is 8.96. The summed E-state index contributed by atoms with van der Waals surface area (Å²) < 4.78 is 10.9. The topological polar surface area (TPSA) is 88.7 Å². The largest absolute Gasteiger partial charge is 0.491 e. The van der Waals surface area contributed by atoms with Gasteiger partial charge in [-0.3, -0.25) is 9.59 Å². The van der Waals surface area contributed by atoms with Crippen LogP contribution < -0.4 is 20.7 Å². The van der Waals surface area contributed by atoms with E-state index in [2.05, 4.69) is 16.0 Å². The highest BCUT2D eigenvalue weighted by molar-refractivity contribution is 5.94. The molecule has 0 saturated heterocycles. The molecule has 7 heteroatoms. The van der Waals surface area contributed by atoms with Gasteiger partial charge in [0.2, 0.25) is 11.8 Å². The summed E-state index contributed by atoms with van der Waals surface area (Å²) in [7, 11) is 0. The molecule has 3 N–H and O–H groups in total. The van der Waals surface area contributed by atoms with Crippen LogP contribution in [0, 0.1) is 5.92 Å². The Bertz CT molecular complexity index is 806. The molecule has 0 fully saturated rings. The minimum absolute atomic E-state index is 0.0184. The van der Waals surface area contributed by atoms with E-state index in [1.807, 2.05) is 45.0 Å². The number of nitrogens with one attached hydrogen (secondary N) is 3. The molecule has 0 radical (unpaired) electrons. The van der Waals surface area contributed by atoms with Gasteiger partial charge in [0.25, 0.3) is 0 Å². The molecule has 0 aliphatic heterocycles. The summed E-state index contributed by atoms with van der Waals surface area (Å²) in [5, 5.41) is 8.75. The van der Waals surface area contributed by atoms with E-state index >= 15 is 0 Å². The number of amides is 2. The van der Waals surface area contributed by atoms with Gasteiger partial charge >= 0.3 is 0 Å². The van der Waals surface area contributed by atoms with E-state index in [-0.39, 0.29) is 18.4 Å². The Morgan fingerprint density at radius 2 is 1.57 bits per heavy atom. The number of ether oxygens (including phenoxy) is 2. The minimum atomic E-state index is -0.172. The number of benzene rings is 2. The van der Waals surface area contributed by atoms with Crippen LogP contribution >= 0.6 is 0 Å². The highest BCUT2D eigenvalue weighted by Gasteiger charge is 2.06. The molecule has 0 atom stereocenters. The Labute approximate surface area is 178 Å². The maximum atomic E-state index is 12.2. The molecular formula is C23H31N3O4. The predicted molar refractivity (Wildman–Crippen MR) is 120 cm³/mol. The fourth-order valence-corrected chi connectivity index (χ4v) is 2.67. The number of rotatable bonds is 12. The molecular weight excluding hydrogens is 382 g/mol. The first-order chi connectivity index (χ1) is 14.5. The van der Waals surface area contributed by atoms with E-state index in [0.29, 0.717) is 43.5 Å². The molecule has 7 nitrogen and oxygen atoms in total. The quantitative estimate of drug-likeness (QED) is 0.455. The van der Waals surface area contributed by atoms with Crippen LogP contribution in [0.2, 0.25) is 0 Å². The van der Waals surface area contributed by atoms with Crippen molar-refractivity contribution in [2.75, 3.05) is 42.3 Å². The van der Waals surface area contributed by atoms with E-state index in [1.54, 1.807) is 24.3 Å². The highest BCUT2D eigenvalue weighted by atomic mass is 16.5. The Morgan fingerprint density at radius 3 is 2.20 bits per heavy atom. The molecule has 2 amide bonds. The molecule has 30 heavy (non-hydrogen) atoms. The zero-order valence-electron chi connectivity index (χ0n) is 17.9. The number of hydrogen-bond donors (Lipinski definition) is 3. The van der Waals surface area contributed by atoms with Gasteiger partial charge in [-0.05, 0) is 49.2 Å². The van der Waals surface area contributed by atoms with Crippen LogP contribution in [0.5, 0.6) is 5.75 Å². The third-order valence-electron chi connectivity index (χ3n) is 4.03. The van der Waals surface area contributed by atoms with Gasteiger partial charge in [-0.1, -0.05) is 19.9 Å². The van der Waals surface area contributed by atoms with Crippen LogP contribution in [0.25, 0.3) is 0 Å². The van der Waals surface area contributed by atoms with E-state index in [0.717, 1.165) is 11.4 Å². The molecule has 0 bridgehead atoms. The van der Waals surface area contributed by atoms with E-state index in [1.165, 1.54) is 0 Å². The van der Waals surface area contributed by atoms with Crippen molar-refractivity contribution < 1.29 is 19.1 Å². The molecule has 2 aromatic carbocycles. The van der Waals surface area contributed by atoms with Gasteiger partial charge in [0.05, 0.1) is 13.2 Å². The monoisotopic (exact) mass is 413 g/mol. The first-order valence-corrected chi connectivity index (χ1v) is 10.2. The molecule has 2 rings (SSSR count). The first-order valence-electron chi connectivity index (χ1n) is 10.2. The van der Waals surface area contributed by atoms with Crippen molar-refractivity contribution in [3.63, 3.8) is 0 Å². The molecule has 0 aromatic heterocycles. The third-order valence-corrected chi connectivity index (χ3v) is 4.03. The van der Waals surface area contributed by atoms with Crippen LogP contribution in [-0.4, -0.2) is 38.2 Å². The van der Waals surface area contributed by atoms with Crippen molar-refractivity contribution in [3.05, 3.63) is 48.5 Å². The Morgan fingerprint density at radius 1 is 0.900 bits per heavy atom. The summed E-state index contributed by atoms with van der Waals surface area (Å²) in [4.78, 5) is 24.0. The Kier molecular flexibility index (Phi) is 9.67. The van der Waals surface area contributed by atoms with Crippen LogP contribution in [-0.2, 0) is 14.3 Å². The zero-order valence-corrected chi connectivity index (χ0v) is 17.9. The van der Waals surface area contributed by atoms with Crippen molar-refractivity contribution in [2.24, 2.45) is 5.92 Å². The second-order valence-corrected chi connectivity index (χ2v) is 7.20. The summed E-state index contributed by atoms with van der Waals surface area (Å²) >= 11 is 0. The van der Waals surface area contributed by atoms with E-state index in [4.69, 9.17) is 9.47 Å². The van der Waals surface area contributed by atoms with Crippen molar-refractivity contribution in [2.45, 2.75) is 27.2 Å². The molecule has 162 valence electrons. The summed E-state index contributed by atoms with van der Waals surface area (Å²) in [6.45, 7) is 7.74. The number of anilines is 3. The van der Waals surface area contributed by atoms with Crippen molar-refractivity contribution in [3.8, 4) is 5.75 Å². The highest BCUT2D eigenvalue weighted by Crippen LogP contribution is 2.18. The second-order valence-electron chi connectivity index (χ2n) is 7.20. The summed E-state index contributed by atoms with van der Waals surface area (Å²) in [5.74, 6) is 0.831. The van der Waals surface area contributed by atoms with Gasteiger partial charge in [0.15, 0.2) is 0 Å². The number of hydrogen-bond acceptors (Lipinski definition) is 5. The van der Waals surface area contributed by atoms with E-state index < -0.39 is 0 Å². The van der Waals surface area contributed by atoms with Crippen molar-refractivity contribution in [1.29, 1.82) is 0 Å². The van der Waals surface area contributed by atoms with Gasteiger partial charge < -0.3 is 25.4 Å². The van der Waals surface area contributed by atoms with Crippen molar-refractivity contribution >= 4 is 28.9 Å². The molecule has 0 unspecified atom stereocenters. The lowest BCUT2D eigenvalue weighted by molar-refractivity contribution is -0.117. The number of carbonyl (C=O) groups excluding carboxylic acids is 2. The van der Waals surface area contributed by atoms with Crippen LogP contribution in [0.4, 0.5) is 17.1 Å². The summed E-state index contributed by atoms with van der Waals surface area (Å²) in [6.07, 6.45) is 0.475. The Hall–Kier alpha value is -3.06. The van der Waals surface area contributed by atoms with Gasteiger partial charge in [-0.2, -0.15) is 0 Å². The van der Waals surface area contributed by atoms with Gasteiger partial charge in [-0.25, -0.2) is 0 Å². The zero-order chi connectivity index (χ0) is 21.8. The maximum Gasteiger partial charge on any atom is 0.243 e. The molecule has 0 aliphatic carbocycles. The minimum Gasteiger partial charge on any atom is -0.491 e. The van der Waals surface area contributed by atoms with Crippen LogP contribution in [0.3, 0.4) is 0 Å². The maximum absolute atomic E-state index is 12.2. The lowest BCUT2D eigenvalue weighted by Crippen LogP contribution is -2.21. The van der Waals surface area contributed by atoms with Crippen LogP contribution in [0.15, 0.2) is 48.5 Å². The first kappa shape index (κ1) is 23.2. The molecule has 0 aliphatic rings. The fraction of sp³-hybridized carbons (Fsp3) is 0.391. The SMILES string of the molecule is CCOCCOc1cccc(NCC(=O)Nc2ccc(NC(=O)CC(C)C)cc2)c1. The average Bonchev–Trinajstić information content (AvgIpc) is 2.71. The lowest BCUT2D eigenvalue weighted by atomic mass is 10.1. The molecule has 0 spiro atoms. The van der Waals surface area contributed by atoms with Gasteiger partial charge in [0, 0.05) is 36.2 Å². The van der Waals surface area contributed by atoms with Crippen molar-refractivity contribution in [1.82, 2.24) is 0 Å². The normalized spacial score (nSPS) is 10.5.